The lowest BCUT2D eigenvalue weighted by Crippen LogP contribution is -1.97. The zero-order valence-electron chi connectivity index (χ0n) is 9.62. The highest BCUT2D eigenvalue weighted by Crippen LogP contribution is 2.16. The predicted molar refractivity (Wildman–Crippen MR) is 72.6 cm³/mol. The normalized spacial score (nSPS) is 11.9. The number of benzene rings is 2. The van der Waals surface area contributed by atoms with Crippen LogP contribution in [-0.4, -0.2) is 14.6 Å². The second kappa shape index (κ2) is 5.50. The van der Waals surface area contributed by atoms with Crippen molar-refractivity contribution in [3.8, 4) is 0 Å². The fourth-order valence-corrected chi connectivity index (χ4v) is 2.33. The van der Waals surface area contributed by atoms with Gasteiger partial charge in [0.25, 0.3) is 10.0 Å². The summed E-state index contributed by atoms with van der Waals surface area (Å²) in [5.41, 5.74) is 0.499. The third-order valence-corrected chi connectivity index (χ3v) is 3.82. The second-order valence-corrected chi connectivity index (χ2v) is 5.78. The van der Waals surface area contributed by atoms with E-state index in [1.54, 1.807) is 0 Å². The van der Waals surface area contributed by atoms with E-state index in [0.29, 0.717) is 10.6 Å². The molecule has 2 aromatic rings. The molecule has 0 aliphatic heterocycles. The molecule has 0 atom stereocenters. The summed E-state index contributed by atoms with van der Waals surface area (Å²) in [6, 6.07) is 11.0. The Morgan fingerprint density at radius 1 is 1.00 bits per heavy atom. The lowest BCUT2D eigenvalue weighted by atomic mass is 10.2. The van der Waals surface area contributed by atoms with Crippen molar-refractivity contribution in [2.45, 2.75) is 4.90 Å². The molecule has 0 heterocycles. The SMILES string of the molecule is O=S(=O)(N=Cc1ccc(F)cc1)c1ccc(Cl)cc1. The van der Waals surface area contributed by atoms with Crippen LogP contribution in [0.15, 0.2) is 57.8 Å². The number of hydrogen-bond donors (Lipinski definition) is 0. The minimum atomic E-state index is -3.77. The summed E-state index contributed by atoms with van der Waals surface area (Å²) < 4.78 is 40.0. The molecule has 6 heteroatoms. The van der Waals surface area contributed by atoms with Crippen molar-refractivity contribution < 1.29 is 12.8 Å². The van der Waals surface area contributed by atoms with Gasteiger partial charge in [-0.1, -0.05) is 23.7 Å². The zero-order chi connectivity index (χ0) is 13.9. The van der Waals surface area contributed by atoms with Gasteiger partial charge in [0.2, 0.25) is 0 Å². The van der Waals surface area contributed by atoms with E-state index in [1.165, 1.54) is 54.7 Å². The van der Waals surface area contributed by atoms with Crippen molar-refractivity contribution in [2.24, 2.45) is 4.40 Å². The highest BCUT2D eigenvalue weighted by atomic mass is 35.5. The van der Waals surface area contributed by atoms with Crippen molar-refractivity contribution in [3.63, 3.8) is 0 Å². The number of halogens is 2. The number of rotatable bonds is 3. The minimum Gasteiger partial charge on any atom is -0.207 e. The summed E-state index contributed by atoms with van der Waals surface area (Å²) in [5.74, 6) is -0.391. The van der Waals surface area contributed by atoms with E-state index in [0.717, 1.165) is 0 Å². The molecule has 0 N–H and O–H groups in total. The van der Waals surface area contributed by atoms with E-state index in [4.69, 9.17) is 11.6 Å². The van der Waals surface area contributed by atoms with Crippen LogP contribution in [-0.2, 0) is 10.0 Å². The van der Waals surface area contributed by atoms with Gasteiger partial charge in [-0.3, -0.25) is 0 Å². The molecular formula is C13H9ClFNO2S. The highest BCUT2D eigenvalue weighted by molar-refractivity contribution is 7.90. The molecule has 2 rings (SSSR count). The Bertz CT molecular complexity index is 694. The molecule has 0 unspecified atom stereocenters. The maximum atomic E-state index is 12.7. The smallest absolute Gasteiger partial charge is 0.207 e. The van der Waals surface area contributed by atoms with E-state index >= 15 is 0 Å². The Balaban J connectivity index is 2.26. The zero-order valence-corrected chi connectivity index (χ0v) is 11.2. The summed E-state index contributed by atoms with van der Waals surface area (Å²) in [4.78, 5) is 0.0512. The first-order valence-corrected chi connectivity index (χ1v) is 7.11. The van der Waals surface area contributed by atoms with Crippen LogP contribution in [0.25, 0.3) is 0 Å². The van der Waals surface area contributed by atoms with E-state index in [1.807, 2.05) is 0 Å². The third-order valence-electron chi connectivity index (χ3n) is 2.32. The molecule has 0 aliphatic carbocycles. The van der Waals surface area contributed by atoms with Crippen LogP contribution in [0, 0.1) is 5.82 Å². The molecule has 0 bridgehead atoms. The molecule has 0 aliphatic rings. The van der Waals surface area contributed by atoms with E-state index in [9.17, 15) is 12.8 Å². The Morgan fingerprint density at radius 3 is 2.16 bits per heavy atom. The Morgan fingerprint density at radius 2 is 1.58 bits per heavy atom. The van der Waals surface area contributed by atoms with Crippen molar-refractivity contribution in [3.05, 3.63) is 64.9 Å². The van der Waals surface area contributed by atoms with Gasteiger partial charge in [-0.2, -0.15) is 12.8 Å². The molecule has 0 amide bonds. The van der Waals surface area contributed by atoms with Crippen LogP contribution in [0.4, 0.5) is 4.39 Å². The number of hydrogen-bond acceptors (Lipinski definition) is 2. The molecule has 0 saturated carbocycles. The van der Waals surface area contributed by atoms with E-state index in [-0.39, 0.29) is 4.90 Å². The fraction of sp³-hybridized carbons (Fsp3) is 0. The molecule has 2 aromatic carbocycles. The lowest BCUT2D eigenvalue weighted by Gasteiger charge is -1.98. The van der Waals surface area contributed by atoms with Gasteiger partial charge < -0.3 is 0 Å². The average Bonchev–Trinajstić information content (AvgIpc) is 2.39. The van der Waals surface area contributed by atoms with Crippen molar-refractivity contribution >= 4 is 27.8 Å². The maximum absolute atomic E-state index is 12.7. The van der Waals surface area contributed by atoms with Gasteiger partial charge in [-0.15, -0.1) is 0 Å². The van der Waals surface area contributed by atoms with Crippen LogP contribution in [0.3, 0.4) is 0 Å². The lowest BCUT2D eigenvalue weighted by molar-refractivity contribution is 0.598. The van der Waals surface area contributed by atoms with E-state index in [2.05, 4.69) is 4.40 Å². The Hall–Kier alpha value is -1.72. The molecular weight excluding hydrogens is 289 g/mol. The Kier molecular flexibility index (Phi) is 3.97. The van der Waals surface area contributed by atoms with Gasteiger partial charge in [0.15, 0.2) is 0 Å². The third kappa shape index (κ3) is 3.62. The molecule has 98 valence electrons. The molecule has 0 spiro atoms. The van der Waals surface area contributed by atoms with E-state index < -0.39 is 15.8 Å². The quantitative estimate of drug-likeness (QED) is 0.816. The van der Waals surface area contributed by atoms with Crippen LogP contribution >= 0.6 is 11.6 Å². The average molecular weight is 298 g/mol. The molecule has 0 aromatic heterocycles. The Labute approximate surface area is 115 Å². The van der Waals surface area contributed by atoms with Crippen molar-refractivity contribution in [1.82, 2.24) is 0 Å². The summed E-state index contributed by atoms with van der Waals surface area (Å²) in [5, 5.41) is 0.446. The number of sulfonamides is 1. The van der Waals surface area contributed by atoms with Crippen molar-refractivity contribution in [2.75, 3.05) is 0 Å². The van der Waals surface area contributed by atoms with Crippen LogP contribution in [0.5, 0.6) is 0 Å². The molecule has 0 fully saturated rings. The largest absolute Gasteiger partial charge is 0.282 e. The summed E-state index contributed by atoms with van der Waals surface area (Å²) in [6.45, 7) is 0. The monoisotopic (exact) mass is 297 g/mol. The maximum Gasteiger partial charge on any atom is 0.282 e. The van der Waals surface area contributed by atoms with Gasteiger partial charge in [0, 0.05) is 11.2 Å². The first kappa shape index (κ1) is 13.7. The van der Waals surface area contributed by atoms with Crippen LogP contribution in [0.1, 0.15) is 5.56 Å². The van der Waals surface area contributed by atoms with Crippen molar-refractivity contribution in [1.29, 1.82) is 0 Å². The topological polar surface area (TPSA) is 46.5 Å². The molecule has 0 saturated heterocycles. The van der Waals surface area contributed by atoms with Gasteiger partial charge >= 0.3 is 0 Å². The standard InChI is InChI=1S/C13H9ClFNO2S/c14-11-3-7-13(8-4-11)19(17,18)16-9-10-1-5-12(15)6-2-10/h1-9H. The molecule has 19 heavy (non-hydrogen) atoms. The molecule has 3 nitrogen and oxygen atoms in total. The minimum absolute atomic E-state index is 0.0512. The first-order chi connectivity index (χ1) is 8.97. The number of nitrogens with zero attached hydrogens (tertiary/aromatic N) is 1. The first-order valence-electron chi connectivity index (χ1n) is 5.29. The van der Waals surface area contributed by atoms with Crippen LogP contribution in [0.2, 0.25) is 5.02 Å². The predicted octanol–water partition coefficient (Wildman–Crippen LogP) is 3.29. The highest BCUT2D eigenvalue weighted by Gasteiger charge is 2.10. The van der Waals surface area contributed by atoms with Gasteiger partial charge in [-0.25, -0.2) is 4.39 Å². The van der Waals surface area contributed by atoms with Gasteiger partial charge in [-0.05, 0) is 42.0 Å². The fourth-order valence-electron chi connectivity index (χ4n) is 1.35. The summed E-state index contributed by atoms with van der Waals surface area (Å²) >= 11 is 5.68. The molecule has 0 radical (unpaired) electrons. The summed E-state index contributed by atoms with van der Waals surface area (Å²) in [6.07, 6.45) is 1.17. The van der Waals surface area contributed by atoms with Gasteiger partial charge in [0.05, 0.1) is 4.90 Å². The van der Waals surface area contributed by atoms with Gasteiger partial charge in [0.1, 0.15) is 5.82 Å². The van der Waals surface area contributed by atoms with Crippen LogP contribution < -0.4 is 0 Å². The second-order valence-electron chi connectivity index (χ2n) is 3.72. The summed E-state index contributed by atoms with van der Waals surface area (Å²) in [7, 11) is -3.77.